The van der Waals surface area contributed by atoms with Crippen molar-refractivity contribution in [1.82, 2.24) is 0 Å². The summed E-state index contributed by atoms with van der Waals surface area (Å²) < 4.78 is 0. The second-order valence-corrected chi connectivity index (χ2v) is 3.64. The van der Waals surface area contributed by atoms with Crippen molar-refractivity contribution in [3.63, 3.8) is 0 Å². The van der Waals surface area contributed by atoms with E-state index in [9.17, 15) is 0 Å². The smallest absolute Gasteiger partial charge is 0.00394 e. The van der Waals surface area contributed by atoms with Gasteiger partial charge in [0.25, 0.3) is 0 Å². The molecule has 0 aliphatic heterocycles. The van der Waals surface area contributed by atoms with Gasteiger partial charge >= 0.3 is 0 Å². The molecule has 0 saturated carbocycles. The molecule has 55 valence electrons. The molecular weight excluding hydrogens is 128 g/mol. The van der Waals surface area contributed by atoms with Gasteiger partial charge in [-0.05, 0) is 24.7 Å². The van der Waals surface area contributed by atoms with E-state index in [0.717, 1.165) is 17.6 Å². The van der Waals surface area contributed by atoms with E-state index < -0.39 is 0 Å². The largest absolute Gasteiger partial charge is 0.0941 e. The highest BCUT2D eigenvalue weighted by Gasteiger charge is 2.02. The quantitative estimate of drug-likeness (QED) is 0.569. The minimum absolute atomic E-state index is 0.835. The Morgan fingerprint density at radius 3 is 2.11 bits per heavy atom. The van der Waals surface area contributed by atoms with Crippen LogP contribution in [0.15, 0.2) is 0 Å². The van der Waals surface area contributed by atoms with Crippen LogP contribution < -0.4 is 0 Å². The van der Waals surface area contributed by atoms with Crippen molar-refractivity contribution in [2.75, 3.05) is 5.75 Å². The van der Waals surface area contributed by atoms with Crippen LogP contribution in [-0.4, -0.2) is 5.75 Å². The van der Waals surface area contributed by atoms with Crippen LogP contribution in [0.4, 0.5) is 0 Å². The topological polar surface area (TPSA) is 0 Å². The minimum Gasteiger partial charge on any atom is -0.0941 e. The van der Waals surface area contributed by atoms with Gasteiger partial charge in [0.2, 0.25) is 0 Å². The fraction of sp³-hybridized carbons (Fsp3) is 1.00. The van der Waals surface area contributed by atoms with E-state index in [1.165, 1.54) is 12.8 Å². The van der Waals surface area contributed by atoms with E-state index in [-0.39, 0.29) is 0 Å². The Morgan fingerprint density at radius 2 is 1.78 bits per heavy atom. The maximum Gasteiger partial charge on any atom is 0.00394 e. The highest BCUT2D eigenvalue weighted by atomic mass is 32.1. The SMILES string of the molecule is CC(C)CC(C)CC[S]. The normalized spacial score (nSPS) is 14.3. The molecule has 0 heterocycles. The van der Waals surface area contributed by atoms with Gasteiger partial charge in [0, 0.05) is 5.75 Å². The first-order chi connectivity index (χ1) is 4.16. The zero-order valence-corrected chi connectivity index (χ0v) is 7.50. The first-order valence-corrected chi connectivity index (χ1v) is 4.32. The Hall–Kier alpha value is 0.350. The van der Waals surface area contributed by atoms with Gasteiger partial charge in [-0.15, -0.1) is 0 Å². The number of hydrogen-bond acceptors (Lipinski definition) is 0. The van der Waals surface area contributed by atoms with Crippen LogP contribution in [0.2, 0.25) is 0 Å². The van der Waals surface area contributed by atoms with Gasteiger partial charge in [-0.3, -0.25) is 0 Å². The molecule has 1 atom stereocenters. The third kappa shape index (κ3) is 6.23. The first kappa shape index (κ1) is 9.35. The summed E-state index contributed by atoms with van der Waals surface area (Å²) in [4.78, 5) is 0. The van der Waals surface area contributed by atoms with Crippen molar-refractivity contribution < 1.29 is 0 Å². The van der Waals surface area contributed by atoms with Gasteiger partial charge in [-0.1, -0.05) is 33.4 Å². The van der Waals surface area contributed by atoms with Crippen molar-refractivity contribution in [2.24, 2.45) is 11.8 Å². The summed E-state index contributed by atoms with van der Waals surface area (Å²) in [5.41, 5.74) is 0. The van der Waals surface area contributed by atoms with Crippen molar-refractivity contribution in [3.8, 4) is 0 Å². The van der Waals surface area contributed by atoms with Gasteiger partial charge < -0.3 is 0 Å². The molecule has 0 bridgehead atoms. The summed E-state index contributed by atoms with van der Waals surface area (Å²) in [6.45, 7) is 6.81. The van der Waals surface area contributed by atoms with Gasteiger partial charge in [0.1, 0.15) is 0 Å². The van der Waals surface area contributed by atoms with E-state index in [1.807, 2.05) is 0 Å². The number of rotatable bonds is 4. The average molecular weight is 145 g/mol. The Balaban J connectivity index is 3.15. The molecule has 0 aromatic rings. The molecule has 0 rings (SSSR count). The first-order valence-electron chi connectivity index (χ1n) is 3.75. The van der Waals surface area contributed by atoms with Crippen LogP contribution in [0.25, 0.3) is 0 Å². The summed E-state index contributed by atoms with van der Waals surface area (Å²) in [6, 6.07) is 0. The molecule has 1 unspecified atom stereocenters. The molecular formula is C8H17S. The van der Waals surface area contributed by atoms with E-state index in [2.05, 4.69) is 20.8 Å². The fourth-order valence-corrected chi connectivity index (χ4v) is 1.53. The molecule has 0 aromatic carbocycles. The Labute approximate surface area is 64.4 Å². The molecule has 0 spiro atoms. The van der Waals surface area contributed by atoms with Crippen LogP contribution >= 0.6 is 12.6 Å². The zero-order valence-electron chi connectivity index (χ0n) is 6.68. The third-order valence-electron chi connectivity index (χ3n) is 1.48. The Bertz CT molecular complexity index is 59.6. The lowest BCUT2D eigenvalue weighted by Gasteiger charge is -2.11. The molecule has 9 heavy (non-hydrogen) atoms. The predicted molar refractivity (Wildman–Crippen MR) is 45.7 cm³/mol. The summed E-state index contributed by atoms with van der Waals surface area (Å²) in [5, 5.41) is 0. The van der Waals surface area contributed by atoms with E-state index in [1.54, 1.807) is 0 Å². The van der Waals surface area contributed by atoms with Crippen LogP contribution in [0, 0.1) is 11.8 Å². The molecule has 0 aliphatic rings. The van der Waals surface area contributed by atoms with E-state index in [0.29, 0.717) is 0 Å². The molecule has 1 heteroatoms. The molecule has 0 fully saturated rings. The molecule has 0 saturated heterocycles. The maximum atomic E-state index is 4.88. The van der Waals surface area contributed by atoms with Gasteiger partial charge in [0.15, 0.2) is 0 Å². The molecule has 0 nitrogen and oxygen atoms in total. The maximum absolute atomic E-state index is 4.88. The van der Waals surface area contributed by atoms with Crippen molar-refractivity contribution in [1.29, 1.82) is 0 Å². The highest BCUT2D eigenvalue weighted by Crippen LogP contribution is 2.14. The Kier molecular flexibility index (Phi) is 5.36. The molecule has 0 amide bonds. The summed E-state index contributed by atoms with van der Waals surface area (Å²) >= 11 is 4.88. The molecule has 0 aromatic heterocycles. The van der Waals surface area contributed by atoms with E-state index >= 15 is 0 Å². The van der Waals surface area contributed by atoms with Gasteiger partial charge in [-0.2, -0.15) is 0 Å². The number of hydrogen-bond donors (Lipinski definition) is 0. The van der Waals surface area contributed by atoms with Crippen LogP contribution in [0.5, 0.6) is 0 Å². The monoisotopic (exact) mass is 145 g/mol. The molecule has 1 radical (unpaired) electrons. The fourth-order valence-electron chi connectivity index (χ4n) is 1.12. The lowest BCUT2D eigenvalue weighted by atomic mass is 9.97. The van der Waals surface area contributed by atoms with Crippen LogP contribution in [-0.2, 0) is 0 Å². The van der Waals surface area contributed by atoms with E-state index in [4.69, 9.17) is 12.6 Å². The summed E-state index contributed by atoms with van der Waals surface area (Å²) in [5.74, 6) is 2.59. The lowest BCUT2D eigenvalue weighted by Crippen LogP contribution is -2.00. The lowest BCUT2D eigenvalue weighted by molar-refractivity contribution is 0.431. The standard InChI is InChI=1S/C8H17S/c1-7(2)6-8(3)4-5-9/h7-8H,4-6H2,1-3H3. The highest BCUT2D eigenvalue weighted by molar-refractivity contribution is 7.80. The van der Waals surface area contributed by atoms with Crippen molar-refractivity contribution in [3.05, 3.63) is 0 Å². The second kappa shape index (κ2) is 5.16. The minimum atomic E-state index is 0.835. The third-order valence-corrected chi connectivity index (χ3v) is 1.72. The summed E-state index contributed by atoms with van der Waals surface area (Å²) in [6.07, 6.45) is 2.55. The zero-order chi connectivity index (χ0) is 7.28. The second-order valence-electron chi connectivity index (χ2n) is 3.23. The average Bonchev–Trinajstić information content (AvgIpc) is 1.63. The summed E-state index contributed by atoms with van der Waals surface area (Å²) in [7, 11) is 0. The molecule has 0 N–H and O–H groups in total. The van der Waals surface area contributed by atoms with Crippen molar-refractivity contribution in [2.45, 2.75) is 33.6 Å². The van der Waals surface area contributed by atoms with Gasteiger partial charge in [0.05, 0.1) is 0 Å². The Morgan fingerprint density at radius 1 is 1.22 bits per heavy atom. The predicted octanol–water partition coefficient (Wildman–Crippen LogP) is 3.26. The van der Waals surface area contributed by atoms with Crippen LogP contribution in [0.3, 0.4) is 0 Å². The van der Waals surface area contributed by atoms with Crippen LogP contribution in [0.1, 0.15) is 33.6 Å². The van der Waals surface area contributed by atoms with Crippen molar-refractivity contribution >= 4 is 12.6 Å². The van der Waals surface area contributed by atoms with Gasteiger partial charge in [-0.25, -0.2) is 0 Å². The molecule has 0 aliphatic carbocycles.